The average molecular weight is 429 g/mol. The van der Waals surface area contributed by atoms with Crippen LogP contribution >= 0.6 is 11.3 Å². The first-order valence-corrected chi connectivity index (χ1v) is 12.0. The SMILES string of the molecule is CCc1ccc(S(=O)(=O)Nc2ccc(N3CCN(c4ccccc4)CC3)nc2)s1. The van der Waals surface area contributed by atoms with Crippen LogP contribution in [0.15, 0.2) is 65.0 Å². The van der Waals surface area contributed by atoms with E-state index in [1.807, 2.05) is 25.1 Å². The molecule has 0 saturated carbocycles. The Morgan fingerprint density at radius 1 is 0.966 bits per heavy atom. The number of nitrogens with one attached hydrogen (secondary N) is 1. The number of benzene rings is 1. The highest BCUT2D eigenvalue weighted by Gasteiger charge is 2.20. The quantitative estimate of drug-likeness (QED) is 0.646. The van der Waals surface area contributed by atoms with Crippen molar-refractivity contribution in [1.29, 1.82) is 0 Å². The van der Waals surface area contributed by atoms with Gasteiger partial charge in [0.2, 0.25) is 0 Å². The predicted octanol–water partition coefficient (Wildman–Crippen LogP) is 3.83. The van der Waals surface area contributed by atoms with Crippen LogP contribution < -0.4 is 14.5 Å². The molecule has 0 unspecified atom stereocenters. The van der Waals surface area contributed by atoms with Crippen molar-refractivity contribution in [3.8, 4) is 0 Å². The third kappa shape index (κ3) is 4.54. The van der Waals surface area contributed by atoms with Crippen molar-refractivity contribution in [3.05, 3.63) is 65.7 Å². The van der Waals surface area contributed by atoms with E-state index in [2.05, 4.69) is 43.8 Å². The van der Waals surface area contributed by atoms with Crippen molar-refractivity contribution in [3.63, 3.8) is 0 Å². The Hall–Kier alpha value is -2.58. The van der Waals surface area contributed by atoms with Crippen LogP contribution in [0.25, 0.3) is 0 Å². The zero-order valence-corrected chi connectivity index (χ0v) is 17.9. The van der Waals surface area contributed by atoms with Crippen LogP contribution in [0.1, 0.15) is 11.8 Å². The summed E-state index contributed by atoms with van der Waals surface area (Å²) in [4.78, 5) is 10.1. The largest absolute Gasteiger partial charge is 0.368 e. The molecule has 1 aromatic carbocycles. The Bertz CT molecular complexity index is 1040. The van der Waals surface area contributed by atoms with Crippen LogP contribution in [0.2, 0.25) is 0 Å². The molecule has 3 aromatic rings. The van der Waals surface area contributed by atoms with Gasteiger partial charge in [0.05, 0.1) is 11.9 Å². The molecule has 4 rings (SSSR count). The van der Waals surface area contributed by atoms with Gasteiger partial charge in [0.1, 0.15) is 10.0 Å². The molecule has 0 amide bonds. The summed E-state index contributed by atoms with van der Waals surface area (Å²) in [6.45, 7) is 5.62. The normalized spacial score (nSPS) is 14.8. The van der Waals surface area contributed by atoms with Crippen LogP contribution in [0.5, 0.6) is 0 Å². The number of pyridine rings is 1. The van der Waals surface area contributed by atoms with Crippen molar-refractivity contribution < 1.29 is 8.42 Å². The standard InChI is InChI=1S/C21H24N4O2S2/c1-2-19-9-11-21(28-19)29(26,27)23-17-8-10-20(22-16-17)25-14-12-24(13-15-25)18-6-4-3-5-7-18/h3-11,16,23H,2,12-15H2,1H3. The fourth-order valence-corrected chi connectivity index (χ4v) is 5.70. The summed E-state index contributed by atoms with van der Waals surface area (Å²) in [6, 6.07) is 17.6. The molecule has 1 saturated heterocycles. The smallest absolute Gasteiger partial charge is 0.271 e. The van der Waals surface area contributed by atoms with E-state index in [1.54, 1.807) is 18.3 Å². The molecule has 3 heterocycles. The molecule has 152 valence electrons. The Labute approximate surface area is 175 Å². The first kappa shape index (κ1) is 19.7. The van der Waals surface area contributed by atoms with Gasteiger partial charge in [-0.05, 0) is 42.8 Å². The lowest BCUT2D eigenvalue weighted by Crippen LogP contribution is -2.46. The molecule has 1 aliphatic heterocycles. The second-order valence-corrected chi connectivity index (χ2v) is 9.97. The van der Waals surface area contributed by atoms with E-state index < -0.39 is 10.0 Å². The molecule has 0 aliphatic carbocycles. The van der Waals surface area contributed by atoms with Gasteiger partial charge in [-0.1, -0.05) is 25.1 Å². The van der Waals surface area contributed by atoms with E-state index in [9.17, 15) is 8.42 Å². The summed E-state index contributed by atoms with van der Waals surface area (Å²) in [5.41, 5.74) is 1.72. The van der Waals surface area contributed by atoms with E-state index in [-0.39, 0.29) is 0 Å². The van der Waals surface area contributed by atoms with Crippen molar-refractivity contribution in [2.45, 2.75) is 17.6 Å². The second kappa shape index (κ2) is 8.42. The van der Waals surface area contributed by atoms with Gasteiger partial charge in [-0.15, -0.1) is 11.3 Å². The fourth-order valence-electron chi connectivity index (χ4n) is 3.36. The number of piperazine rings is 1. The third-order valence-electron chi connectivity index (χ3n) is 4.98. The molecule has 8 heteroatoms. The van der Waals surface area contributed by atoms with Crippen molar-refractivity contribution in [2.24, 2.45) is 0 Å². The van der Waals surface area contributed by atoms with Crippen LogP contribution in [-0.2, 0) is 16.4 Å². The molecule has 0 atom stereocenters. The van der Waals surface area contributed by atoms with Gasteiger partial charge in [-0.3, -0.25) is 4.72 Å². The average Bonchev–Trinajstić information content (AvgIpc) is 3.25. The first-order chi connectivity index (χ1) is 14.0. The molecule has 1 fully saturated rings. The van der Waals surface area contributed by atoms with Gasteiger partial charge >= 0.3 is 0 Å². The van der Waals surface area contributed by atoms with Gasteiger partial charge < -0.3 is 9.80 Å². The molecule has 6 nitrogen and oxygen atoms in total. The lowest BCUT2D eigenvalue weighted by atomic mass is 10.2. The minimum absolute atomic E-state index is 0.329. The highest BCUT2D eigenvalue weighted by molar-refractivity contribution is 7.94. The first-order valence-electron chi connectivity index (χ1n) is 9.68. The summed E-state index contributed by atoms with van der Waals surface area (Å²) in [6.07, 6.45) is 2.42. The number of hydrogen-bond donors (Lipinski definition) is 1. The maximum Gasteiger partial charge on any atom is 0.271 e. The molecule has 29 heavy (non-hydrogen) atoms. The van der Waals surface area contributed by atoms with Gasteiger partial charge in [0, 0.05) is 36.7 Å². The zero-order valence-electron chi connectivity index (χ0n) is 16.3. The van der Waals surface area contributed by atoms with Gasteiger partial charge in [-0.2, -0.15) is 0 Å². The Kier molecular flexibility index (Phi) is 5.73. The van der Waals surface area contributed by atoms with Crippen LogP contribution in [-0.4, -0.2) is 39.6 Å². The Balaban J connectivity index is 1.38. The predicted molar refractivity (Wildman–Crippen MR) is 120 cm³/mol. The fraction of sp³-hybridized carbons (Fsp3) is 0.286. The van der Waals surface area contributed by atoms with Gasteiger partial charge in [0.25, 0.3) is 10.0 Å². The summed E-state index contributed by atoms with van der Waals surface area (Å²) in [7, 11) is -3.57. The molecule has 0 bridgehead atoms. The second-order valence-electron chi connectivity index (χ2n) is 6.89. The number of hydrogen-bond acceptors (Lipinski definition) is 6. The maximum atomic E-state index is 12.5. The highest BCUT2D eigenvalue weighted by atomic mass is 32.2. The minimum Gasteiger partial charge on any atom is -0.368 e. The molecule has 0 radical (unpaired) electrons. The number of nitrogens with zero attached hydrogens (tertiary/aromatic N) is 3. The molecular formula is C21H24N4O2S2. The highest BCUT2D eigenvalue weighted by Crippen LogP contribution is 2.25. The maximum absolute atomic E-state index is 12.5. The summed E-state index contributed by atoms with van der Waals surface area (Å²) >= 11 is 1.30. The van der Waals surface area contributed by atoms with E-state index in [4.69, 9.17) is 0 Å². The molecule has 2 aromatic heterocycles. The lowest BCUT2D eigenvalue weighted by Gasteiger charge is -2.36. The number of anilines is 3. The molecule has 1 N–H and O–H groups in total. The molecular weight excluding hydrogens is 404 g/mol. The summed E-state index contributed by atoms with van der Waals surface area (Å²) in [5.74, 6) is 0.866. The zero-order chi connectivity index (χ0) is 20.3. The summed E-state index contributed by atoms with van der Waals surface area (Å²) < 4.78 is 28.0. The number of aromatic nitrogens is 1. The number of thiophene rings is 1. The van der Waals surface area contributed by atoms with Crippen molar-refractivity contribution in [1.82, 2.24) is 4.98 Å². The van der Waals surface area contributed by atoms with E-state index in [0.717, 1.165) is 43.3 Å². The van der Waals surface area contributed by atoms with Crippen molar-refractivity contribution >= 4 is 38.6 Å². The number of rotatable bonds is 6. The number of aryl methyl sites for hydroxylation is 1. The van der Waals surface area contributed by atoms with Gasteiger partial charge in [0.15, 0.2) is 0 Å². The van der Waals surface area contributed by atoms with Crippen LogP contribution in [0.3, 0.4) is 0 Å². The Morgan fingerprint density at radius 2 is 1.69 bits per heavy atom. The number of para-hydroxylation sites is 1. The van der Waals surface area contributed by atoms with Crippen LogP contribution in [0.4, 0.5) is 17.2 Å². The van der Waals surface area contributed by atoms with E-state index in [1.165, 1.54) is 17.0 Å². The topological polar surface area (TPSA) is 65.5 Å². The molecule has 1 aliphatic rings. The van der Waals surface area contributed by atoms with E-state index in [0.29, 0.717) is 9.90 Å². The van der Waals surface area contributed by atoms with Crippen molar-refractivity contribution in [2.75, 3.05) is 40.7 Å². The minimum atomic E-state index is -3.57. The van der Waals surface area contributed by atoms with E-state index >= 15 is 0 Å². The molecule has 0 spiro atoms. The monoisotopic (exact) mass is 428 g/mol. The van der Waals surface area contributed by atoms with Crippen LogP contribution in [0, 0.1) is 0 Å². The third-order valence-corrected chi connectivity index (χ3v) is 8.08. The van der Waals surface area contributed by atoms with Gasteiger partial charge in [-0.25, -0.2) is 13.4 Å². The lowest BCUT2D eigenvalue weighted by molar-refractivity contribution is 0.603. The summed E-state index contributed by atoms with van der Waals surface area (Å²) in [5, 5.41) is 0. The Morgan fingerprint density at radius 3 is 2.31 bits per heavy atom. The number of sulfonamides is 1.